The maximum atomic E-state index is 12.4. The van der Waals surface area contributed by atoms with Crippen LogP contribution in [0.4, 0.5) is 13.2 Å². The van der Waals surface area contributed by atoms with Gasteiger partial charge in [0.2, 0.25) is 0 Å². The Bertz CT molecular complexity index is 441. The predicted molar refractivity (Wildman–Crippen MR) is 55.1 cm³/mol. The standard InChI is InChI=1S/C10H10F3N3O/c1-6-4-2-3-5-7(6)8(15-16-14)9(17)10(11,12)13/h2-5,8-9,17H,1H3/t8-,9+/m0/s1. The third kappa shape index (κ3) is 3.12. The Hall–Kier alpha value is -1.72. The lowest BCUT2D eigenvalue weighted by atomic mass is 9.97. The zero-order chi connectivity index (χ0) is 13.1. The smallest absolute Gasteiger partial charge is 0.383 e. The van der Waals surface area contributed by atoms with E-state index >= 15 is 0 Å². The van der Waals surface area contributed by atoms with Gasteiger partial charge in [0.25, 0.3) is 0 Å². The third-order valence-corrected chi connectivity index (χ3v) is 2.32. The summed E-state index contributed by atoms with van der Waals surface area (Å²) in [5, 5.41) is 12.2. The molecule has 0 spiro atoms. The molecule has 1 rings (SSSR count). The summed E-state index contributed by atoms with van der Waals surface area (Å²) in [6.07, 6.45) is -7.54. The molecule has 1 N–H and O–H groups in total. The number of aliphatic hydroxyl groups is 1. The largest absolute Gasteiger partial charge is 0.415 e. The zero-order valence-corrected chi connectivity index (χ0v) is 8.89. The fraction of sp³-hybridized carbons (Fsp3) is 0.400. The minimum absolute atomic E-state index is 0.162. The van der Waals surface area contributed by atoms with E-state index in [0.717, 1.165) is 0 Å². The van der Waals surface area contributed by atoms with Crippen molar-refractivity contribution in [2.24, 2.45) is 5.11 Å². The first-order chi connectivity index (χ1) is 7.88. The maximum Gasteiger partial charge on any atom is 0.415 e. The van der Waals surface area contributed by atoms with Gasteiger partial charge in [0, 0.05) is 4.91 Å². The lowest BCUT2D eigenvalue weighted by Gasteiger charge is -2.22. The molecule has 0 saturated heterocycles. The van der Waals surface area contributed by atoms with Crippen molar-refractivity contribution in [2.45, 2.75) is 25.2 Å². The first-order valence-corrected chi connectivity index (χ1v) is 4.72. The molecule has 0 amide bonds. The molecule has 0 radical (unpaired) electrons. The fourth-order valence-electron chi connectivity index (χ4n) is 1.45. The van der Waals surface area contributed by atoms with Crippen LogP contribution in [-0.4, -0.2) is 17.4 Å². The number of aliphatic hydroxyl groups excluding tert-OH is 1. The third-order valence-electron chi connectivity index (χ3n) is 2.32. The molecular weight excluding hydrogens is 235 g/mol. The summed E-state index contributed by atoms with van der Waals surface area (Å²) in [5.41, 5.74) is 8.97. The van der Waals surface area contributed by atoms with E-state index in [1.807, 2.05) is 0 Å². The Labute approximate surface area is 95.3 Å². The van der Waals surface area contributed by atoms with E-state index in [0.29, 0.717) is 5.56 Å². The van der Waals surface area contributed by atoms with Crippen LogP contribution in [0.15, 0.2) is 29.4 Å². The van der Waals surface area contributed by atoms with Gasteiger partial charge in [-0.2, -0.15) is 13.2 Å². The van der Waals surface area contributed by atoms with Crippen molar-refractivity contribution >= 4 is 0 Å². The molecule has 0 bridgehead atoms. The second kappa shape index (κ2) is 5.07. The van der Waals surface area contributed by atoms with E-state index in [4.69, 9.17) is 10.6 Å². The number of benzene rings is 1. The van der Waals surface area contributed by atoms with Gasteiger partial charge < -0.3 is 5.11 Å². The van der Waals surface area contributed by atoms with Crippen LogP contribution in [-0.2, 0) is 0 Å². The van der Waals surface area contributed by atoms with Gasteiger partial charge in [0.1, 0.15) is 0 Å². The molecular formula is C10H10F3N3O. The van der Waals surface area contributed by atoms with E-state index in [2.05, 4.69) is 10.0 Å². The molecule has 0 fully saturated rings. The van der Waals surface area contributed by atoms with E-state index in [1.165, 1.54) is 12.1 Å². The average Bonchev–Trinajstić information content (AvgIpc) is 2.25. The quantitative estimate of drug-likeness (QED) is 0.495. The second-order valence-corrected chi connectivity index (χ2v) is 3.49. The minimum atomic E-state index is -4.83. The Balaban J connectivity index is 3.19. The number of hydrogen-bond acceptors (Lipinski definition) is 2. The first-order valence-electron chi connectivity index (χ1n) is 4.72. The van der Waals surface area contributed by atoms with Crippen molar-refractivity contribution in [1.82, 2.24) is 0 Å². The van der Waals surface area contributed by atoms with Gasteiger partial charge in [0.15, 0.2) is 6.10 Å². The van der Waals surface area contributed by atoms with Crippen LogP contribution in [0, 0.1) is 6.92 Å². The summed E-state index contributed by atoms with van der Waals surface area (Å²) in [4.78, 5) is 2.35. The van der Waals surface area contributed by atoms with Gasteiger partial charge in [0.05, 0.1) is 6.04 Å². The molecule has 0 aliphatic heterocycles. The summed E-state index contributed by atoms with van der Waals surface area (Å²) in [6, 6.07) is 4.47. The lowest BCUT2D eigenvalue weighted by molar-refractivity contribution is -0.210. The molecule has 0 aliphatic carbocycles. The van der Waals surface area contributed by atoms with Crippen LogP contribution in [0.3, 0.4) is 0 Å². The highest BCUT2D eigenvalue weighted by atomic mass is 19.4. The summed E-state index contributed by atoms with van der Waals surface area (Å²) in [6.45, 7) is 1.58. The number of halogens is 3. The highest BCUT2D eigenvalue weighted by Crippen LogP contribution is 2.34. The highest BCUT2D eigenvalue weighted by Gasteiger charge is 2.44. The molecule has 0 aromatic heterocycles. The van der Waals surface area contributed by atoms with Gasteiger partial charge >= 0.3 is 6.18 Å². The highest BCUT2D eigenvalue weighted by molar-refractivity contribution is 5.30. The summed E-state index contributed by atoms with van der Waals surface area (Å²) >= 11 is 0. The molecule has 4 nitrogen and oxygen atoms in total. The van der Waals surface area contributed by atoms with E-state index in [-0.39, 0.29) is 5.56 Å². The van der Waals surface area contributed by atoms with Crippen LogP contribution in [0.2, 0.25) is 0 Å². The molecule has 1 aromatic carbocycles. The van der Waals surface area contributed by atoms with Gasteiger partial charge in [-0.15, -0.1) is 0 Å². The Morgan fingerprint density at radius 1 is 1.35 bits per heavy atom. The van der Waals surface area contributed by atoms with Gasteiger partial charge in [-0.3, -0.25) is 0 Å². The first kappa shape index (κ1) is 13.3. The van der Waals surface area contributed by atoms with Gasteiger partial charge in [-0.25, -0.2) is 0 Å². The lowest BCUT2D eigenvalue weighted by Crippen LogP contribution is -2.34. The van der Waals surface area contributed by atoms with Crippen molar-refractivity contribution in [3.8, 4) is 0 Å². The fourth-order valence-corrected chi connectivity index (χ4v) is 1.45. The number of alkyl halides is 3. The summed E-state index contributed by atoms with van der Waals surface area (Å²) in [5.74, 6) is 0. The zero-order valence-electron chi connectivity index (χ0n) is 8.89. The molecule has 0 aliphatic rings. The van der Waals surface area contributed by atoms with Crippen molar-refractivity contribution in [3.63, 3.8) is 0 Å². The number of aryl methyl sites for hydroxylation is 1. The second-order valence-electron chi connectivity index (χ2n) is 3.49. The van der Waals surface area contributed by atoms with E-state index in [1.54, 1.807) is 19.1 Å². The SMILES string of the molecule is Cc1ccccc1[C@H](N=[N+]=[N-])[C@@H](O)C(F)(F)F. The Kier molecular flexibility index (Phi) is 3.98. The topological polar surface area (TPSA) is 69.0 Å². The van der Waals surface area contributed by atoms with Crippen LogP contribution < -0.4 is 0 Å². The van der Waals surface area contributed by atoms with E-state index in [9.17, 15) is 13.2 Å². The molecule has 92 valence electrons. The van der Waals surface area contributed by atoms with Crippen LogP contribution >= 0.6 is 0 Å². The minimum Gasteiger partial charge on any atom is -0.383 e. The predicted octanol–water partition coefficient (Wildman–Crippen LogP) is 3.27. The van der Waals surface area contributed by atoms with Crippen molar-refractivity contribution in [2.75, 3.05) is 0 Å². The maximum absolute atomic E-state index is 12.4. The average molecular weight is 245 g/mol. The number of hydrogen-bond donors (Lipinski definition) is 1. The molecule has 0 heterocycles. The summed E-state index contributed by atoms with van der Waals surface area (Å²) < 4.78 is 37.2. The van der Waals surface area contributed by atoms with Gasteiger partial charge in [-0.1, -0.05) is 29.4 Å². The molecule has 0 saturated carbocycles. The van der Waals surface area contributed by atoms with Crippen LogP contribution in [0.1, 0.15) is 17.2 Å². The van der Waals surface area contributed by atoms with Crippen molar-refractivity contribution in [1.29, 1.82) is 0 Å². The number of azide groups is 1. The van der Waals surface area contributed by atoms with Crippen molar-refractivity contribution in [3.05, 3.63) is 45.8 Å². The van der Waals surface area contributed by atoms with Crippen LogP contribution in [0.5, 0.6) is 0 Å². The van der Waals surface area contributed by atoms with Crippen LogP contribution in [0.25, 0.3) is 10.4 Å². The molecule has 7 heteroatoms. The molecule has 17 heavy (non-hydrogen) atoms. The number of rotatable bonds is 3. The Morgan fingerprint density at radius 2 is 1.94 bits per heavy atom. The molecule has 2 atom stereocenters. The van der Waals surface area contributed by atoms with Gasteiger partial charge in [-0.05, 0) is 23.6 Å². The van der Waals surface area contributed by atoms with Crippen molar-refractivity contribution < 1.29 is 18.3 Å². The molecule has 1 aromatic rings. The normalized spacial score (nSPS) is 14.9. The summed E-state index contributed by atoms with van der Waals surface area (Å²) in [7, 11) is 0. The molecule has 0 unspecified atom stereocenters. The number of nitrogens with zero attached hydrogens (tertiary/aromatic N) is 3. The Morgan fingerprint density at radius 3 is 2.41 bits per heavy atom. The monoisotopic (exact) mass is 245 g/mol. The van der Waals surface area contributed by atoms with E-state index < -0.39 is 18.3 Å².